The second kappa shape index (κ2) is 5.00. The largest absolute Gasteiger partial charge is 0.481 e. The third-order valence-electron chi connectivity index (χ3n) is 3.49. The second-order valence-corrected chi connectivity index (χ2v) is 4.89. The van der Waals surface area contributed by atoms with Gasteiger partial charge < -0.3 is 10.1 Å². The van der Waals surface area contributed by atoms with Crippen LogP contribution in [-0.2, 0) is 0 Å². The number of methoxy groups -OCH3 is 1. The maximum Gasteiger partial charge on any atom is 0.213 e. The van der Waals surface area contributed by atoms with E-state index in [0.717, 1.165) is 27.5 Å². The molecule has 3 heterocycles. The van der Waals surface area contributed by atoms with Gasteiger partial charge in [0.1, 0.15) is 5.52 Å². The van der Waals surface area contributed by atoms with Gasteiger partial charge in [-0.3, -0.25) is 10.1 Å². The van der Waals surface area contributed by atoms with Gasteiger partial charge >= 0.3 is 0 Å². The van der Waals surface area contributed by atoms with Gasteiger partial charge in [-0.05, 0) is 29.7 Å². The second-order valence-electron chi connectivity index (χ2n) is 4.89. The van der Waals surface area contributed by atoms with Crippen molar-refractivity contribution in [3.63, 3.8) is 0 Å². The third-order valence-corrected chi connectivity index (χ3v) is 3.49. The highest BCUT2D eigenvalue weighted by Gasteiger charge is 2.07. The van der Waals surface area contributed by atoms with Gasteiger partial charge in [-0.25, -0.2) is 4.98 Å². The average molecular weight is 291 g/mol. The van der Waals surface area contributed by atoms with Crippen molar-refractivity contribution in [2.45, 2.75) is 0 Å². The Morgan fingerprint density at radius 2 is 2.05 bits per heavy atom. The number of hydrogen-bond acceptors (Lipinski definition) is 5. The normalized spacial score (nSPS) is 11.0. The van der Waals surface area contributed by atoms with E-state index in [1.165, 1.54) is 0 Å². The summed E-state index contributed by atoms with van der Waals surface area (Å²) in [5, 5.41) is 12.6. The number of hydrogen-bond donors (Lipinski definition) is 2. The maximum absolute atomic E-state index is 5.17. The van der Waals surface area contributed by atoms with Crippen molar-refractivity contribution in [2.24, 2.45) is 0 Å². The predicted molar refractivity (Wildman–Crippen MR) is 85.5 cm³/mol. The summed E-state index contributed by atoms with van der Waals surface area (Å²) in [6.45, 7) is 0. The number of rotatable bonds is 3. The van der Waals surface area contributed by atoms with Crippen LogP contribution in [0.3, 0.4) is 0 Å². The molecule has 0 bridgehead atoms. The molecular weight excluding hydrogens is 278 g/mol. The van der Waals surface area contributed by atoms with Crippen LogP contribution in [0.4, 0.5) is 11.5 Å². The van der Waals surface area contributed by atoms with Gasteiger partial charge in [0.25, 0.3) is 0 Å². The van der Waals surface area contributed by atoms with Crippen molar-refractivity contribution in [3.05, 3.63) is 48.8 Å². The van der Waals surface area contributed by atoms with Crippen LogP contribution in [0.2, 0.25) is 0 Å². The van der Waals surface area contributed by atoms with E-state index in [-0.39, 0.29) is 0 Å². The van der Waals surface area contributed by atoms with E-state index < -0.39 is 0 Å². The van der Waals surface area contributed by atoms with E-state index in [9.17, 15) is 0 Å². The number of H-pyrrole nitrogens is 1. The Hall–Kier alpha value is -3.15. The lowest BCUT2D eigenvalue weighted by atomic mass is 10.1. The smallest absolute Gasteiger partial charge is 0.213 e. The van der Waals surface area contributed by atoms with Gasteiger partial charge in [0, 0.05) is 29.5 Å². The summed E-state index contributed by atoms with van der Waals surface area (Å²) in [6.07, 6.45) is 3.55. The molecule has 6 nitrogen and oxygen atoms in total. The summed E-state index contributed by atoms with van der Waals surface area (Å²) in [4.78, 5) is 8.54. The molecule has 0 unspecified atom stereocenters. The molecule has 0 atom stereocenters. The molecule has 4 rings (SSSR count). The molecule has 4 aromatic rings. The molecule has 0 radical (unpaired) electrons. The van der Waals surface area contributed by atoms with Crippen LogP contribution < -0.4 is 10.1 Å². The van der Waals surface area contributed by atoms with Crippen molar-refractivity contribution < 1.29 is 4.74 Å². The number of fused-ring (bicyclic) bond motifs is 2. The number of nitrogens with one attached hydrogen (secondary N) is 2. The number of aromatic nitrogens is 4. The van der Waals surface area contributed by atoms with Gasteiger partial charge in [-0.2, -0.15) is 5.10 Å². The van der Waals surface area contributed by atoms with Crippen molar-refractivity contribution in [3.8, 4) is 5.88 Å². The zero-order valence-corrected chi connectivity index (χ0v) is 11.9. The molecule has 6 heteroatoms. The topological polar surface area (TPSA) is 75.7 Å². The highest BCUT2D eigenvalue weighted by Crippen LogP contribution is 2.26. The van der Waals surface area contributed by atoms with E-state index in [0.29, 0.717) is 11.7 Å². The van der Waals surface area contributed by atoms with Crippen molar-refractivity contribution >= 4 is 33.3 Å². The number of nitrogens with zero attached hydrogens (tertiary/aromatic N) is 3. The molecule has 0 saturated carbocycles. The maximum atomic E-state index is 5.17. The Bertz CT molecular complexity index is 963. The first-order valence-electron chi connectivity index (χ1n) is 6.83. The Labute approximate surface area is 126 Å². The van der Waals surface area contributed by atoms with Crippen molar-refractivity contribution in [1.29, 1.82) is 0 Å². The van der Waals surface area contributed by atoms with Gasteiger partial charge in [0.15, 0.2) is 5.82 Å². The Kier molecular flexibility index (Phi) is 2.86. The number of aromatic amines is 1. The summed E-state index contributed by atoms with van der Waals surface area (Å²) in [7, 11) is 1.61. The summed E-state index contributed by atoms with van der Waals surface area (Å²) in [5.41, 5.74) is 2.64. The van der Waals surface area contributed by atoms with E-state index >= 15 is 0 Å². The first-order valence-corrected chi connectivity index (χ1v) is 6.83. The molecule has 0 saturated heterocycles. The molecule has 1 aromatic carbocycles. The molecule has 22 heavy (non-hydrogen) atoms. The first kappa shape index (κ1) is 12.6. The Morgan fingerprint density at radius 3 is 2.95 bits per heavy atom. The minimum Gasteiger partial charge on any atom is -0.481 e. The van der Waals surface area contributed by atoms with E-state index in [1.807, 2.05) is 36.4 Å². The molecule has 108 valence electrons. The minimum absolute atomic E-state index is 0.594. The Balaban J connectivity index is 1.74. The monoisotopic (exact) mass is 291 g/mol. The highest BCUT2D eigenvalue weighted by molar-refractivity contribution is 5.90. The number of benzene rings is 1. The molecule has 2 N–H and O–H groups in total. The SMILES string of the molecule is COc1cc2cc(Nc3n[nH]c4cccnc34)ccc2cn1. The van der Waals surface area contributed by atoms with Crippen LogP contribution in [0.5, 0.6) is 5.88 Å². The van der Waals surface area contributed by atoms with Gasteiger partial charge in [0.2, 0.25) is 5.88 Å². The summed E-state index contributed by atoms with van der Waals surface area (Å²) < 4.78 is 5.17. The third kappa shape index (κ3) is 2.10. The molecule has 0 fully saturated rings. The van der Waals surface area contributed by atoms with Gasteiger partial charge in [-0.1, -0.05) is 6.07 Å². The fraction of sp³-hybridized carbons (Fsp3) is 0.0625. The van der Waals surface area contributed by atoms with Crippen molar-refractivity contribution in [2.75, 3.05) is 12.4 Å². The lowest BCUT2D eigenvalue weighted by molar-refractivity contribution is 0.399. The molecule has 0 aliphatic rings. The molecule has 3 aromatic heterocycles. The van der Waals surface area contributed by atoms with E-state index in [1.54, 1.807) is 19.5 Å². The standard InChI is InChI=1S/C16H13N5O/c1-22-14-8-11-7-12(5-4-10(11)9-18-14)19-16-15-13(20-21-16)3-2-6-17-15/h2-9H,1H3,(H2,19,20,21). The fourth-order valence-corrected chi connectivity index (χ4v) is 2.39. The minimum atomic E-state index is 0.594. The van der Waals surface area contributed by atoms with Crippen molar-refractivity contribution in [1.82, 2.24) is 20.2 Å². The molecule has 0 aliphatic heterocycles. The van der Waals surface area contributed by atoms with Gasteiger partial charge in [0.05, 0.1) is 12.6 Å². The molecule has 0 amide bonds. The van der Waals surface area contributed by atoms with Crippen LogP contribution >= 0.6 is 0 Å². The van der Waals surface area contributed by atoms with Crippen LogP contribution in [0.15, 0.2) is 48.8 Å². The lowest BCUT2D eigenvalue weighted by Gasteiger charge is -2.06. The molecular formula is C16H13N5O. The van der Waals surface area contributed by atoms with Crippen LogP contribution in [0.1, 0.15) is 0 Å². The summed E-state index contributed by atoms with van der Waals surface area (Å²) >= 11 is 0. The van der Waals surface area contributed by atoms with Crippen LogP contribution in [0.25, 0.3) is 21.8 Å². The van der Waals surface area contributed by atoms with Crippen LogP contribution in [0, 0.1) is 0 Å². The predicted octanol–water partition coefficient (Wildman–Crippen LogP) is 3.26. The van der Waals surface area contributed by atoms with Crippen LogP contribution in [-0.4, -0.2) is 27.3 Å². The lowest BCUT2D eigenvalue weighted by Crippen LogP contribution is -1.92. The Morgan fingerprint density at radius 1 is 1.09 bits per heavy atom. The zero-order valence-electron chi connectivity index (χ0n) is 11.9. The highest BCUT2D eigenvalue weighted by atomic mass is 16.5. The molecule has 0 aliphatic carbocycles. The van der Waals surface area contributed by atoms with E-state index in [2.05, 4.69) is 25.5 Å². The zero-order chi connectivity index (χ0) is 14.9. The summed E-state index contributed by atoms with van der Waals surface area (Å²) in [6, 6.07) is 11.7. The number of pyridine rings is 2. The summed E-state index contributed by atoms with van der Waals surface area (Å²) in [5.74, 6) is 1.30. The number of anilines is 2. The quantitative estimate of drug-likeness (QED) is 0.606. The number of ether oxygens (including phenoxy) is 1. The average Bonchev–Trinajstić information content (AvgIpc) is 2.97. The molecule has 0 spiro atoms. The first-order chi connectivity index (χ1) is 10.8. The van der Waals surface area contributed by atoms with Gasteiger partial charge in [-0.15, -0.1) is 0 Å². The fourth-order valence-electron chi connectivity index (χ4n) is 2.39. The van der Waals surface area contributed by atoms with E-state index in [4.69, 9.17) is 4.74 Å².